The summed E-state index contributed by atoms with van der Waals surface area (Å²) >= 11 is 3.66. The van der Waals surface area contributed by atoms with Gasteiger partial charge in [-0.2, -0.15) is 0 Å². The zero-order chi connectivity index (χ0) is 36.1. The van der Waals surface area contributed by atoms with Crippen molar-refractivity contribution in [3.8, 4) is 17.2 Å². The van der Waals surface area contributed by atoms with Crippen molar-refractivity contribution in [3.05, 3.63) is 42.2 Å². The molecule has 0 aliphatic heterocycles. The maximum Gasteiger partial charge on any atom is 0.325 e. The largest absolute Gasteiger partial charge is 0.488 e. The molecule has 0 aliphatic carbocycles. The van der Waals surface area contributed by atoms with Crippen molar-refractivity contribution in [2.45, 2.75) is 44.0 Å². The summed E-state index contributed by atoms with van der Waals surface area (Å²) in [4.78, 5) is 51.5. The number of esters is 4. The lowest BCUT2D eigenvalue weighted by molar-refractivity contribution is -0.141. The normalized spacial score (nSPS) is 11.2. The van der Waals surface area contributed by atoms with Crippen molar-refractivity contribution >= 4 is 51.2 Å². The van der Waals surface area contributed by atoms with Gasteiger partial charge in [-0.15, -0.1) is 0 Å². The third-order valence-corrected chi connectivity index (χ3v) is 6.84. The SMILES string of the molecule is COC(=O)CN(CC(=O)OC)c1ccc(F)cc1OCCOc1cc(OC(C)(C)CC(C)(C)Br)ccc1N(CC(=O)OC)CC(=O)OC. The van der Waals surface area contributed by atoms with Crippen LogP contribution in [0.2, 0.25) is 0 Å². The second kappa shape index (κ2) is 18.3. The zero-order valence-electron chi connectivity index (χ0n) is 28.6. The summed E-state index contributed by atoms with van der Waals surface area (Å²) in [5.74, 6) is -2.37. The summed E-state index contributed by atoms with van der Waals surface area (Å²) in [6.07, 6.45) is 0.654. The Morgan fingerprint density at radius 2 is 1.06 bits per heavy atom. The van der Waals surface area contributed by atoms with E-state index in [4.69, 9.17) is 33.2 Å². The van der Waals surface area contributed by atoms with Gasteiger partial charge >= 0.3 is 23.9 Å². The van der Waals surface area contributed by atoms with Gasteiger partial charge in [-0.25, -0.2) is 4.39 Å². The van der Waals surface area contributed by atoms with Gasteiger partial charge in [0.05, 0.1) is 39.8 Å². The van der Waals surface area contributed by atoms with Crippen LogP contribution in [0.5, 0.6) is 17.2 Å². The van der Waals surface area contributed by atoms with Crippen LogP contribution >= 0.6 is 15.9 Å². The Bertz CT molecular complexity index is 1380. The third-order valence-electron chi connectivity index (χ3n) is 6.56. The maximum absolute atomic E-state index is 14.3. The van der Waals surface area contributed by atoms with E-state index in [-0.39, 0.29) is 60.9 Å². The summed E-state index contributed by atoms with van der Waals surface area (Å²) in [5.41, 5.74) is 0.00818. The predicted molar refractivity (Wildman–Crippen MR) is 179 cm³/mol. The molecule has 0 heterocycles. The molecule has 13 nitrogen and oxygen atoms in total. The van der Waals surface area contributed by atoms with Crippen LogP contribution in [0.4, 0.5) is 15.8 Å². The number of alkyl halides is 1. The molecule has 2 rings (SSSR count). The van der Waals surface area contributed by atoms with E-state index in [9.17, 15) is 23.6 Å². The molecule has 0 radical (unpaired) electrons. The van der Waals surface area contributed by atoms with E-state index >= 15 is 0 Å². The number of hydrogen-bond donors (Lipinski definition) is 0. The van der Waals surface area contributed by atoms with E-state index in [0.717, 1.165) is 12.1 Å². The van der Waals surface area contributed by atoms with E-state index in [1.54, 1.807) is 18.2 Å². The Morgan fingerprint density at radius 3 is 1.46 bits per heavy atom. The van der Waals surface area contributed by atoms with Gasteiger partial charge in [0, 0.05) is 22.9 Å². The Hall–Kier alpha value is -4.27. The van der Waals surface area contributed by atoms with Crippen LogP contribution in [0.25, 0.3) is 0 Å². The average molecular weight is 744 g/mol. The number of methoxy groups -OCH3 is 4. The minimum Gasteiger partial charge on any atom is -0.488 e. The molecule has 0 aliphatic rings. The molecule has 0 amide bonds. The molecule has 0 spiro atoms. The fraction of sp³-hybridized carbons (Fsp3) is 0.515. The summed E-state index contributed by atoms with van der Waals surface area (Å²) in [6, 6.07) is 8.60. The first-order valence-corrected chi connectivity index (χ1v) is 15.6. The number of ether oxygens (including phenoxy) is 7. The Labute approximate surface area is 288 Å². The number of anilines is 2. The second-order valence-corrected chi connectivity index (χ2v) is 13.9. The molecule has 0 unspecified atom stereocenters. The van der Waals surface area contributed by atoms with Gasteiger partial charge in [-0.05, 0) is 52.0 Å². The summed E-state index contributed by atoms with van der Waals surface area (Å²) < 4.78 is 51.5. The lowest BCUT2D eigenvalue weighted by Crippen LogP contribution is -2.36. The molecule has 266 valence electrons. The van der Waals surface area contributed by atoms with Gasteiger partial charge in [0.1, 0.15) is 68.1 Å². The number of rotatable bonds is 19. The molecule has 0 N–H and O–H groups in total. The fourth-order valence-corrected chi connectivity index (χ4v) is 5.48. The standard InChI is InChI=1S/C33H44BrFN2O11/c1-32(2,34)21-33(3,4)48-23-10-12-25(37(19-30(40)44-7)20-31(41)45-8)27(16-23)47-14-13-46-26-15-22(35)9-11-24(26)36(17-28(38)42-5)18-29(39)43-6/h9-12,15-16H,13-14,17-21H2,1-8H3. The van der Waals surface area contributed by atoms with Crippen LogP contribution in [0.15, 0.2) is 36.4 Å². The second-order valence-electron chi connectivity index (χ2n) is 11.7. The van der Waals surface area contributed by atoms with E-state index in [0.29, 0.717) is 17.9 Å². The predicted octanol–water partition coefficient (Wildman–Crippen LogP) is 4.31. The zero-order valence-corrected chi connectivity index (χ0v) is 30.1. The lowest BCUT2D eigenvalue weighted by Gasteiger charge is -2.32. The van der Waals surface area contributed by atoms with Crippen molar-refractivity contribution in [1.29, 1.82) is 0 Å². The third kappa shape index (κ3) is 13.5. The number of nitrogens with zero attached hydrogens (tertiary/aromatic N) is 2. The number of carbonyl (C=O) groups excluding carboxylic acids is 4. The average Bonchev–Trinajstić information content (AvgIpc) is 3.00. The molecule has 0 fully saturated rings. The van der Waals surface area contributed by atoms with Crippen molar-refractivity contribution in [2.75, 3.05) is 77.6 Å². The van der Waals surface area contributed by atoms with Gasteiger partial charge in [-0.3, -0.25) is 19.2 Å². The van der Waals surface area contributed by atoms with Crippen LogP contribution in [-0.2, 0) is 38.1 Å². The monoisotopic (exact) mass is 742 g/mol. The molecule has 0 aromatic heterocycles. The summed E-state index contributed by atoms with van der Waals surface area (Å²) in [7, 11) is 4.87. The van der Waals surface area contributed by atoms with Gasteiger partial charge in [0.15, 0.2) is 0 Å². The number of halogens is 2. The molecule has 2 aromatic rings. The van der Waals surface area contributed by atoms with Crippen LogP contribution < -0.4 is 24.0 Å². The topological polar surface area (TPSA) is 139 Å². The minimum atomic E-state index is -0.640. The van der Waals surface area contributed by atoms with Crippen LogP contribution in [0, 0.1) is 5.82 Å². The van der Waals surface area contributed by atoms with Crippen molar-refractivity contribution in [2.24, 2.45) is 0 Å². The fourth-order valence-electron chi connectivity index (χ4n) is 4.80. The van der Waals surface area contributed by atoms with Crippen LogP contribution in [0.1, 0.15) is 34.1 Å². The first kappa shape index (κ1) is 39.9. The molecule has 2 aromatic carbocycles. The lowest BCUT2D eigenvalue weighted by atomic mass is 9.96. The molecular formula is C33H44BrFN2O11. The van der Waals surface area contributed by atoms with Crippen molar-refractivity contribution in [3.63, 3.8) is 0 Å². The number of hydrogen-bond acceptors (Lipinski definition) is 13. The Morgan fingerprint density at radius 1 is 0.667 bits per heavy atom. The molecule has 0 atom stereocenters. The van der Waals surface area contributed by atoms with Crippen LogP contribution in [0.3, 0.4) is 0 Å². The first-order chi connectivity index (χ1) is 22.5. The maximum atomic E-state index is 14.3. The first-order valence-electron chi connectivity index (χ1n) is 14.8. The van der Waals surface area contributed by atoms with Gasteiger partial charge in [0.2, 0.25) is 0 Å². The van der Waals surface area contributed by atoms with Crippen LogP contribution in [-0.4, -0.2) is 102 Å². The molecule has 0 bridgehead atoms. The van der Waals surface area contributed by atoms with Gasteiger partial charge < -0.3 is 43.0 Å². The molecular weight excluding hydrogens is 699 g/mol. The minimum absolute atomic E-state index is 0.0286. The van der Waals surface area contributed by atoms with E-state index < -0.39 is 35.3 Å². The molecule has 0 saturated heterocycles. The van der Waals surface area contributed by atoms with E-state index in [2.05, 4.69) is 15.9 Å². The summed E-state index contributed by atoms with van der Waals surface area (Å²) in [6.45, 7) is 6.49. The number of carbonyl (C=O) groups is 4. The number of benzene rings is 2. The Kier molecular flexibility index (Phi) is 15.2. The highest BCUT2D eigenvalue weighted by atomic mass is 79.9. The van der Waals surface area contributed by atoms with Crippen molar-refractivity contribution < 1.29 is 56.7 Å². The van der Waals surface area contributed by atoms with Gasteiger partial charge in [0.25, 0.3) is 0 Å². The Balaban J connectivity index is 2.41. The quantitative estimate of drug-likeness (QED) is 0.0875. The molecule has 0 saturated carbocycles. The molecule has 48 heavy (non-hydrogen) atoms. The summed E-state index contributed by atoms with van der Waals surface area (Å²) in [5, 5.41) is 0. The molecule has 15 heteroatoms. The highest BCUT2D eigenvalue weighted by Crippen LogP contribution is 2.37. The van der Waals surface area contributed by atoms with Crippen molar-refractivity contribution in [1.82, 2.24) is 0 Å². The highest BCUT2D eigenvalue weighted by Gasteiger charge is 2.29. The van der Waals surface area contributed by atoms with E-state index in [1.165, 1.54) is 44.3 Å². The van der Waals surface area contributed by atoms with E-state index in [1.807, 2.05) is 27.7 Å². The smallest absolute Gasteiger partial charge is 0.325 e. The highest BCUT2D eigenvalue weighted by molar-refractivity contribution is 9.10. The van der Waals surface area contributed by atoms with Gasteiger partial charge in [-0.1, -0.05) is 15.9 Å².